The molecule has 1 aliphatic heterocycles. The van der Waals surface area contributed by atoms with E-state index in [0.29, 0.717) is 34.1 Å². The van der Waals surface area contributed by atoms with Crippen LogP contribution < -0.4 is 15.9 Å². The van der Waals surface area contributed by atoms with Gasteiger partial charge >= 0.3 is 13.3 Å². The molecule has 0 bridgehead atoms. The molecule has 0 aliphatic carbocycles. The first-order valence-electron chi connectivity index (χ1n) is 9.28. The monoisotopic (exact) mass is 440 g/mol. The smallest absolute Gasteiger partial charge is 0.492 e. The maximum Gasteiger partial charge on any atom is 0.492 e. The van der Waals surface area contributed by atoms with Crippen LogP contribution in [0.25, 0.3) is 28.6 Å². The van der Waals surface area contributed by atoms with Crippen molar-refractivity contribution < 1.29 is 28.0 Å². The molecule has 1 aromatic heterocycles. The first kappa shape index (κ1) is 21.4. The van der Waals surface area contributed by atoms with E-state index >= 15 is 0 Å². The summed E-state index contributed by atoms with van der Waals surface area (Å²) >= 11 is 0. The van der Waals surface area contributed by atoms with Crippen LogP contribution in [-0.4, -0.2) is 39.9 Å². The van der Waals surface area contributed by atoms with Crippen molar-refractivity contribution >= 4 is 30.2 Å². The predicted molar refractivity (Wildman–Crippen MR) is 114 cm³/mol. The molecule has 0 saturated carbocycles. The van der Waals surface area contributed by atoms with E-state index in [-0.39, 0.29) is 16.9 Å². The van der Waals surface area contributed by atoms with E-state index in [2.05, 4.69) is 16.0 Å². The van der Waals surface area contributed by atoms with E-state index < -0.39 is 18.9 Å². The van der Waals surface area contributed by atoms with Gasteiger partial charge in [-0.15, -0.1) is 0 Å². The van der Waals surface area contributed by atoms with Crippen molar-refractivity contribution in [2.45, 2.75) is 6.18 Å². The Bertz CT molecular complexity index is 1290. The number of benzene rings is 2. The van der Waals surface area contributed by atoms with Crippen LogP contribution >= 0.6 is 0 Å². The Morgan fingerprint density at radius 2 is 1.94 bits per heavy atom. The van der Waals surface area contributed by atoms with Gasteiger partial charge in [-0.2, -0.15) is 18.3 Å². The predicted octanol–water partition coefficient (Wildman–Crippen LogP) is 2.20. The Morgan fingerprint density at radius 3 is 2.59 bits per heavy atom. The van der Waals surface area contributed by atoms with Crippen LogP contribution in [0.3, 0.4) is 0 Å². The van der Waals surface area contributed by atoms with Crippen molar-refractivity contribution in [2.24, 2.45) is 10.7 Å². The molecule has 2 heterocycles. The van der Waals surface area contributed by atoms with Gasteiger partial charge in [0.1, 0.15) is 5.75 Å². The number of methoxy groups -OCH3 is 1. The molecule has 3 aromatic rings. The van der Waals surface area contributed by atoms with Crippen molar-refractivity contribution in [1.29, 1.82) is 0 Å². The van der Waals surface area contributed by atoms with E-state index in [1.807, 2.05) is 0 Å². The molecule has 0 saturated heterocycles. The number of hydrogen-bond acceptors (Lipinski definition) is 6. The molecular weight excluding hydrogens is 424 g/mol. The first-order valence-corrected chi connectivity index (χ1v) is 9.28. The van der Waals surface area contributed by atoms with Crippen LogP contribution in [0.2, 0.25) is 0 Å². The molecule has 0 atom stereocenters. The standard InChI is InChI=1S/C21H16BF3N4O3/c1-32-20-8-19(29-11-14(9-28-29)21(23,24)25)16(7-17(20)22(30)31)12-2-3-15-13(6-12)4-5-27-10-18(15)26/h2-4,6-11,30-31H,26H2,1H3. The number of fused-ring (bicyclic) bond motifs is 1. The average molecular weight is 440 g/mol. The van der Waals surface area contributed by atoms with Crippen LogP contribution in [0, 0.1) is 0 Å². The number of aromatic nitrogens is 2. The topological polar surface area (TPSA) is 106 Å². The number of rotatable bonds is 4. The Kier molecular flexibility index (Phi) is 5.39. The molecule has 4 N–H and O–H groups in total. The number of nitrogens with two attached hydrogens (primary N) is 1. The fourth-order valence-corrected chi connectivity index (χ4v) is 3.38. The fourth-order valence-electron chi connectivity index (χ4n) is 3.38. The van der Waals surface area contributed by atoms with Crippen LogP contribution in [0.15, 0.2) is 53.9 Å². The number of alkyl halides is 3. The second-order valence-electron chi connectivity index (χ2n) is 6.95. The third-order valence-corrected chi connectivity index (χ3v) is 4.95. The van der Waals surface area contributed by atoms with Crippen molar-refractivity contribution in [3.05, 3.63) is 65.6 Å². The molecule has 0 radical (unpaired) electrons. The summed E-state index contributed by atoms with van der Waals surface area (Å²) in [5, 5.41) is 23.4. The summed E-state index contributed by atoms with van der Waals surface area (Å²) in [5.41, 5.74) is 8.15. The molecule has 1 aliphatic rings. The minimum Gasteiger partial charge on any atom is -0.497 e. The number of ether oxygens (including phenoxy) is 1. The van der Waals surface area contributed by atoms with Gasteiger partial charge in [-0.3, -0.25) is 0 Å². The highest BCUT2D eigenvalue weighted by Gasteiger charge is 2.33. The van der Waals surface area contributed by atoms with Gasteiger partial charge in [0.25, 0.3) is 0 Å². The van der Waals surface area contributed by atoms with E-state index in [1.165, 1.54) is 25.4 Å². The summed E-state index contributed by atoms with van der Waals surface area (Å²) in [6.07, 6.45) is 0.0813. The molecule has 0 amide bonds. The number of aliphatic imine (C=N–C) groups is 1. The molecule has 4 rings (SSSR count). The Morgan fingerprint density at radius 1 is 1.16 bits per heavy atom. The molecule has 0 unspecified atom stereocenters. The average Bonchev–Trinajstić information content (AvgIpc) is 3.19. The maximum atomic E-state index is 13.1. The lowest BCUT2D eigenvalue weighted by atomic mass is 9.77. The van der Waals surface area contributed by atoms with Crippen LogP contribution in [0.4, 0.5) is 13.2 Å². The third kappa shape index (κ3) is 3.92. The molecule has 32 heavy (non-hydrogen) atoms. The van der Waals surface area contributed by atoms with Crippen LogP contribution in [-0.2, 0) is 6.18 Å². The molecule has 0 spiro atoms. The van der Waals surface area contributed by atoms with Gasteiger partial charge in [0.15, 0.2) is 0 Å². The van der Waals surface area contributed by atoms with E-state index in [0.717, 1.165) is 10.9 Å². The quantitative estimate of drug-likeness (QED) is 0.540. The van der Waals surface area contributed by atoms with E-state index in [4.69, 9.17) is 10.5 Å². The van der Waals surface area contributed by atoms with Gasteiger partial charge in [-0.1, -0.05) is 12.1 Å². The van der Waals surface area contributed by atoms with Crippen molar-refractivity contribution in [3.8, 4) is 22.6 Å². The van der Waals surface area contributed by atoms with Crippen molar-refractivity contribution in [1.82, 2.24) is 9.78 Å². The summed E-state index contributed by atoms with van der Waals surface area (Å²) in [6, 6.07) is 8.03. The van der Waals surface area contributed by atoms with E-state index in [1.54, 1.807) is 24.3 Å². The van der Waals surface area contributed by atoms with Gasteiger partial charge in [0.05, 0.1) is 36.5 Å². The second kappa shape index (κ2) is 8.05. The lowest BCUT2D eigenvalue weighted by molar-refractivity contribution is -0.137. The summed E-state index contributed by atoms with van der Waals surface area (Å²) < 4.78 is 45.7. The lowest BCUT2D eigenvalue weighted by Gasteiger charge is -2.17. The normalized spacial score (nSPS) is 12.9. The summed E-state index contributed by atoms with van der Waals surface area (Å²) in [7, 11) is -0.552. The minimum atomic E-state index is -4.57. The van der Waals surface area contributed by atoms with Gasteiger partial charge in [-0.05, 0) is 29.1 Å². The maximum absolute atomic E-state index is 13.1. The number of hydrogen-bond donors (Lipinski definition) is 3. The van der Waals surface area contributed by atoms with Gasteiger partial charge in [0.2, 0.25) is 0 Å². The molecular formula is C21H16BF3N4O3. The van der Waals surface area contributed by atoms with Crippen molar-refractivity contribution in [2.75, 3.05) is 7.11 Å². The highest BCUT2D eigenvalue weighted by Crippen LogP contribution is 2.34. The highest BCUT2D eigenvalue weighted by atomic mass is 19.4. The molecule has 0 fully saturated rings. The van der Waals surface area contributed by atoms with Crippen LogP contribution in [0.5, 0.6) is 5.75 Å². The molecule has 2 aromatic carbocycles. The first-order chi connectivity index (χ1) is 15.2. The SMILES string of the molecule is COc1cc(-n2cc(C(F)(F)F)cn2)c(-c2ccc3c(c2)C=C=NC=C3N)cc1B(O)O. The summed E-state index contributed by atoms with van der Waals surface area (Å²) in [5.74, 6) is 2.81. The van der Waals surface area contributed by atoms with Gasteiger partial charge in [-0.25, -0.2) is 9.67 Å². The van der Waals surface area contributed by atoms with Gasteiger partial charge in [0, 0.05) is 34.9 Å². The number of nitrogens with zero attached hydrogens (tertiary/aromatic N) is 3. The second-order valence-corrected chi connectivity index (χ2v) is 6.95. The molecule has 162 valence electrons. The Labute approximate surface area is 180 Å². The zero-order valence-electron chi connectivity index (χ0n) is 16.6. The Balaban J connectivity index is 1.96. The third-order valence-electron chi connectivity index (χ3n) is 4.95. The highest BCUT2D eigenvalue weighted by molar-refractivity contribution is 6.60. The van der Waals surface area contributed by atoms with Gasteiger partial charge < -0.3 is 20.5 Å². The zero-order valence-corrected chi connectivity index (χ0v) is 16.6. The minimum absolute atomic E-state index is 0.0425. The van der Waals surface area contributed by atoms with E-state index in [9.17, 15) is 23.2 Å². The fraction of sp³-hybridized carbons (Fsp3) is 0.0952. The molecule has 11 heteroatoms. The summed E-state index contributed by atoms with van der Waals surface area (Å²) in [6.45, 7) is 0. The zero-order chi connectivity index (χ0) is 23.0. The largest absolute Gasteiger partial charge is 0.497 e. The molecule has 7 nitrogen and oxygen atoms in total. The van der Waals surface area contributed by atoms with Crippen LogP contribution in [0.1, 0.15) is 16.7 Å². The lowest BCUT2D eigenvalue weighted by Crippen LogP contribution is -2.31. The Hall–Kier alpha value is -3.79. The number of halogens is 3. The van der Waals surface area contributed by atoms with Crippen molar-refractivity contribution in [3.63, 3.8) is 0 Å². The summed E-state index contributed by atoms with van der Waals surface area (Å²) in [4.78, 5) is 3.92.